The van der Waals surface area contributed by atoms with E-state index in [1.54, 1.807) is 18.0 Å². The molecule has 3 aliphatic rings. The van der Waals surface area contributed by atoms with Crippen molar-refractivity contribution in [1.82, 2.24) is 9.80 Å². The summed E-state index contributed by atoms with van der Waals surface area (Å²) in [5, 5.41) is 12.0. The molecule has 0 aromatic carbocycles. The number of carboxylic acids is 1. The third kappa shape index (κ3) is 2.22. The van der Waals surface area contributed by atoms with Crippen LogP contribution in [0.2, 0.25) is 0 Å². The fourth-order valence-corrected chi connectivity index (χ4v) is 3.63. The molecule has 100 valence electrons. The second-order valence-electron chi connectivity index (χ2n) is 4.69. The predicted octanol–water partition coefficient (Wildman–Crippen LogP) is -3.96. The molecule has 0 saturated carbocycles. The maximum absolute atomic E-state index is 11.9. The van der Waals surface area contributed by atoms with Crippen LogP contribution in [0.1, 0.15) is 12.8 Å². The molecule has 3 heterocycles. The Morgan fingerprint density at radius 2 is 2.20 bits per heavy atom. The van der Waals surface area contributed by atoms with Crippen molar-refractivity contribution in [3.05, 3.63) is 22.8 Å². The zero-order valence-electron chi connectivity index (χ0n) is 11.2. The van der Waals surface area contributed by atoms with Crippen molar-refractivity contribution < 1.29 is 49.0 Å². The molecule has 0 spiro atoms. The number of amides is 2. The van der Waals surface area contributed by atoms with Crippen molar-refractivity contribution in [2.24, 2.45) is 0 Å². The number of hydrogen-bond acceptors (Lipinski definition) is 5. The van der Waals surface area contributed by atoms with Gasteiger partial charge in [-0.15, -0.1) is 11.8 Å². The summed E-state index contributed by atoms with van der Waals surface area (Å²) in [5.41, 5.74) is 0.497. The van der Waals surface area contributed by atoms with Crippen LogP contribution < -0.4 is 34.7 Å². The molecule has 6 nitrogen and oxygen atoms in total. The Morgan fingerprint density at radius 3 is 2.75 bits per heavy atom. The number of carbonyl (C=O) groups is 3. The molecule has 2 fully saturated rings. The van der Waals surface area contributed by atoms with Gasteiger partial charge >= 0.3 is 29.6 Å². The number of rotatable bonds is 2. The molecular formula is C12H11N2NaO4S. The first-order valence-corrected chi connectivity index (χ1v) is 6.83. The number of thioether (sulfide) groups is 1. The molecule has 0 N–H and O–H groups in total. The summed E-state index contributed by atoms with van der Waals surface area (Å²) >= 11 is 1.28. The van der Waals surface area contributed by atoms with Gasteiger partial charge < -0.3 is 14.8 Å². The Kier molecular flexibility index (Phi) is 4.34. The van der Waals surface area contributed by atoms with E-state index in [0.29, 0.717) is 18.4 Å². The van der Waals surface area contributed by atoms with Crippen LogP contribution >= 0.6 is 11.8 Å². The zero-order valence-corrected chi connectivity index (χ0v) is 14.0. The van der Waals surface area contributed by atoms with Crippen LogP contribution in [0, 0.1) is 0 Å². The van der Waals surface area contributed by atoms with Crippen molar-refractivity contribution in [1.29, 1.82) is 0 Å². The van der Waals surface area contributed by atoms with E-state index in [1.807, 2.05) is 0 Å². The van der Waals surface area contributed by atoms with Gasteiger partial charge in [-0.2, -0.15) is 0 Å². The minimum Gasteiger partial charge on any atom is -0.543 e. The number of carbonyl (C=O) groups excluding carboxylic acids is 3. The normalized spacial score (nSPS) is 30.1. The molecular weight excluding hydrogens is 291 g/mol. The Morgan fingerprint density at radius 1 is 1.50 bits per heavy atom. The van der Waals surface area contributed by atoms with Crippen molar-refractivity contribution in [2.75, 3.05) is 7.05 Å². The molecule has 0 aromatic rings. The third-order valence-corrected chi connectivity index (χ3v) is 4.74. The first kappa shape index (κ1) is 15.6. The van der Waals surface area contributed by atoms with Crippen molar-refractivity contribution in [3.63, 3.8) is 0 Å². The number of nitrogens with zero attached hydrogens (tertiary/aromatic N) is 2. The smallest absolute Gasteiger partial charge is 0.543 e. The van der Waals surface area contributed by atoms with E-state index in [4.69, 9.17) is 0 Å². The standard InChI is InChI=1S/C12H12N2O4S.Na/c1-13-6(2-3-9(13)15)4-7-10(16)14-8(12(17)18)5-19-11(7)14;/h4-6,11H,2-3H2,1H3,(H,17,18);/q;+1/p-1/b7-4-;/t6?,11-;/m1./s1. The second-order valence-corrected chi connectivity index (χ2v) is 5.64. The van der Waals surface area contributed by atoms with Crippen molar-refractivity contribution in [2.45, 2.75) is 24.3 Å². The van der Waals surface area contributed by atoms with Crippen LogP contribution in [-0.4, -0.2) is 46.0 Å². The summed E-state index contributed by atoms with van der Waals surface area (Å²) in [6, 6.07) is -0.0683. The Hall–Kier alpha value is -0.760. The van der Waals surface area contributed by atoms with E-state index in [9.17, 15) is 19.5 Å². The van der Waals surface area contributed by atoms with E-state index in [2.05, 4.69) is 0 Å². The molecule has 8 heteroatoms. The van der Waals surface area contributed by atoms with Gasteiger partial charge in [-0.25, -0.2) is 0 Å². The molecule has 3 rings (SSSR count). The molecule has 2 atom stereocenters. The van der Waals surface area contributed by atoms with Crippen LogP contribution in [0.5, 0.6) is 0 Å². The number of hydrogen-bond donors (Lipinski definition) is 0. The third-order valence-electron chi connectivity index (χ3n) is 3.66. The summed E-state index contributed by atoms with van der Waals surface area (Å²) < 4.78 is 0. The van der Waals surface area contributed by atoms with E-state index in [-0.39, 0.29) is 58.5 Å². The average molecular weight is 302 g/mol. The quantitative estimate of drug-likeness (QED) is 0.295. The summed E-state index contributed by atoms with van der Waals surface area (Å²) in [4.78, 5) is 37.0. The summed E-state index contributed by atoms with van der Waals surface area (Å²) in [7, 11) is 1.71. The van der Waals surface area contributed by atoms with Crippen LogP contribution in [0.4, 0.5) is 0 Å². The Labute approximate surface area is 142 Å². The number of likely N-dealkylation sites (N-methyl/N-ethyl adjacent to an activating group) is 1. The molecule has 0 aromatic heterocycles. The van der Waals surface area contributed by atoms with Crippen LogP contribution in [0.25, 0.3) is 0 Å². The van der Waals surface area contributed by atoms with Gasteiger partial charge in [-0.3, -0.25) is 14.5 Å². The molecule has 2 amide bonds. The van der Waals surface area contributed by atoms with Gasteiger partial charge in [0.1, 0.15) is 5.37 Å². The summed E-state index contributed by atoms with van der Waals surface area (Å²) in [5.74, 6) is -1.58. The number of β-lactam (4-membered cyclic amide) rings is 1. The molecule has 0 radical (unpaired) electrons. The zero-order chi connectivity index (χ0) is 13.7. The second kappa shape index (κ2) is 5.55. The first-order chi connectivity index (χ1) is 9.00. The first-order valence-electron chi connectivity index (χ1n) is 5.88. The molecule has 2 saturated heterocycles. The number of fused-ring (bicyclic) bond motifs is 1. The van der Waals surface area contributed by atoms with Crippen molar-refractivity contribution >= 4 is 29.5 Å². The van der Waals surface area contributed by atoms with Gasteiger partial charge in [-0.05, 0) is 11.8 Å². The summed E-state index contributed by atoms with van der Waals surface area (Å²) in [6.45, 7) is 0. The largest absolute Gasteiger partial charge is 1.00 e. The van der Waals surface area contributed by atoms with Gasteiger partial charge in [0.15, 0.2) is 0 Å². The minimum absolute atomic E-state index is 0. The van der Waals surface area contributed by atoms with Gasteiger partial charge in [0.25, 0.3) is 5.91 Å². The SMILES string of the molecule is CN1C(=O)CCC1/C=C1/C(=O)N2C(C(=O)[O-])=CS[C@H]12.[Na+]. The molecule has 0 aliphatic carbocycles. The summed E-state index contributed by atoms with van der Waals surface area (Å²) in [6.07, 6.45) is 2.97. The number of likely N-dealkylation sites (tertiary alicyclic amines) is 1. The maximum Gasteiger partial charge on any atom is 1.00 e. The fourth-order valence-electron chi connectivity index (χ4n) is 2.51. The molecule has 20 heavy (non-hydrogen) atoms. The van der Waals surface area contributed by atoms with Gasteiger partial charge in [0.05, 0.1) is 17.7 Å². The van der Waals surface area contributed by atoms with E-state index >= 15 is 0 Å². The topological polar surface area (TPSA) is 80.8 Å². The molecule has 0 bridgehead atoms. The van der Waals surface area contributed by atoms with E-state index in [0.717, 1.165) is 0 Å². The monoisotopic (exact) mass is 302 g/mol. The molecule has 3 aliphatic heterocycles. The van der Waals surface area contributed by atoms with Gasteiger partial charge in [-0.1, -0.05) is 6.08 Å². The maximum atomic E-state index is 11.9. The number of aliphatic carboxylic acids is 1. The van der Waals surface area contributed by atoms with Crippen LogP contribution in [0.15, 0.2) is 22.8 Å². The van der Waals surface area contributed by atoms with E-state index in [1.165, 1.54) is 22.1 Å². The van der Waals surface area contributed by atoms with Gasteiger partial charge in [0.2, 0.25) is 5.91 Å². The predicted molar refractivity (Wildman–Crippen MR) is 65.2 cm³/mol. The van der Waals surface area contributed by atoms with Gasteiger partial charge in [0, 0.05) is 19.0 Å². The van der Waals surface area contributed by atoms with Crippen LogP contribution in [0.3, 0.4) is 0 Å². The Bertz CT molecular complexity index is 560. The fraction of sp³-hybridized carbons (Fsp3) is 0.417. The average Bonchev–Trinajstić information content (AvgIpc) is 2.90. The van der Waals surface area contributed by atoms with Crippen molar-refractivity contribution in [3.8, 4) is 0 Å². The minimum atomic E-state index is -1.34. The molecule has 1 unspecified atom stereocenters. The van der Waals surface area contributed by atoms with E-state index < -0.39 is 5.97 Å². The Balaban J connectivity index is 0.00000147. The van der Waals surface area contributed by atoms with Crippen LogP contribution in [-0.2, 0) is 14.4 Å². The number of carboxylic acid groups (broad SMARTS) is 1.